The molecule has 5 nitrogen and oxygen atoms in total. The molecule has 0 radical (unpaired) electrons. The summed E-state index contributed by atoms with van der Waals surface area (Å²) in [6, 6.07) is 18.2. The van der Waals surface area contributed by atoms with Gasteiger partial charge in [0, 0.05) is 35.0 Å². The second-order valence-corrected chi connectivity index (χ2v) is 11.0. The van der Waals surface area contributed by atoms with Crippen molar-refractivity contribution in [3.63, 3.8) is 0 Å². The van der Waals surface area contributed by atoms with Crippen LogP contribution in [0.25, 0.3) is 0 Å². The average molecular weight is 569 g/mol. The topological polar surface area (TPSA) is 45.6 Å². The first-order chi connectivity index (χ1) is 17.8. The maximum atomic E-state index is 14.4. The molecule has 1 saturated carbocycles. The summed E-state index contributed by atoms with van der Waals surface area (Å²) >= 11 is 3.49. The minimum atomic E-state index is -0.569. The van der Waals surface area contributed by atoms with Crippen molar-refractivity contribution in [2.24, 2.45) is 0 Å². The first-order valence-electron chi connectivity index (χ1n) is 13.1. The molecule has 1 aliphatic carbocycles. The van der Waals surface area contributed by atoms with Crippen LogP contribution in [0.4, 0.5) is 4.39 Å². The predicted octanol–water partition coefficient (Wildman–Crippen LogP) is 6.65. The van der Waals surface area contributed by atoms with Gasteiger partial charge in [-0.1, -0.05) is 59.5 Å². The normalized spacial score (nSPS) is 14.1. The zero-order valence-corrected chi connectivity index (χ0v) is 23.2. The molecule has 0 spiro atoms. The summed E-state index contributed by atoms with van der Waals surface area (Å²) in [5.74, 6) is -1.12. The van der Waals surface area contributed by atoms with Crippen molar-refractivity contribution in [3.05, 3.63) is 94.0 Å². The molecule has 7 heteroatoms. The molecule has 4 rings (SSSR count). The first-order valence-corrected chi connectivity index (χ1v) is 13.9. The van der Waals surface area contributed by atoms with Crippen molar-refractivity contribution in [1.29, 1.82) is 0 Å². The molecule has 0 N–H and O–H groups in total. The Balaban J connectivity index is 1.55. The van der Waals surface area contributed by atoms with Crippen molar-refractivity contribution in [2.45, 2.75) is 71.1 Å². The number of hydrogen-bond acceptors (Lipinski definition) is 2. The molecule has 3 aromatic rings. The molecule has 0 bridgehead atoms. The monoisotopic (exact) mass is 567 g/mol. The van der Waals surface area contributed by atoms with Crippen LogP contribution in [0, 0.1) is 5.82 Å². The van der Waals surface area contributed by atoms with Crippen LogP contribution >= 0.6 is 15.9 Å². The first kappa shape index (κ1) is 27.1. The third kappa shape index (κ3) is 6.89. The highest BCUT2D eigenvalue weighted by Crippen LogP contribution is 2.25. The van der Waals surface area contributed by atoms with Gasteiger partial charge >= 0.3 is 0 Å². The van der Waals surface area contributed by atoms with Crippen LogP contribution in [0.15, 0.2) is 71.3 Å². The van der Waals surface area contributed by atoms with E-state index >= 15 is 0 Å². The summed E-state index contributed by atoms with van der Waals surface area (Å²) in [7, 11) is 0. The van der Waals surface area contributed by atoms with Crippen LogP contribution in [0.2, 0.25) is 0 Å². The minimum Gasteiger partial charge on any atom is -0.345 e. The molecular weight excluding hydrogens is 533 g/mol. The van der Waals surface area contributed by atoms with Crippen LogP contribution in [-0.2, 0) is 17.9 Å². The Kier molecular flexibility index (Phi) is 9.19. The molecule has 1 aliphatic rings. The number of amides is 2. The summed E-state index contributed by atoms with van der Waals surface area (Å²) < 4.78 is 17.6. The smallest absolute Gasteiger partial charge is 0.257 e. The Hall–Kier alpha value is -2.93. The maximum absolute atomic E-state index is 14.4. The summed E-state index contributed by atoms with van der Waals surface area (Å²) in [6.45, 7) is 4.84. The molecule has 196 valence electrons. The number of carbonyl (C=O) groups excluding carboxylic acids is 2. The van der Waals surface area contributed by atoms with Gasteiger partial charge in [-0.15, -0.1) is 0 Å². The Bertz CT molecular complexity index is 1200. The molecule has 1 aromatic heterocycles. The van der Waals surface area contributed by atoms with E-state index in [0.29, 0.717) is 13.1 Å². The number of carbonyl (C=O) groups is 2. The number of halogens is 2. The lowest BCUT2D eigenvalue weighted by Gasteiger charge is -2.37. The fraction of sp³-hybridized carbons (Fsp3) is 0.400. The number of aromatic nitrogens is 1. The zero-order chi connectivity index (χ0) is 26.4. The lowest BCUT2D eigenvalue weighted by atomic mass is 9.94. The van der Waals surface area contributed by atoms with Gasteiger partial charge in [-0.2, -0.15) is 0 Å². The zero-order valence-electron chi connectivity index (χ0n) is 21.6. The van der Waals surface area contributed by atoms with Gasteiger partial charge in [0.15, 0.2) is 0 Å². The molecule has 0 unspecified atom stereocenters. The molecule has 0 saturated heterocycles. The van der Waals surface area contributed by atoms with Crippen molar-refractivity contribution in [2.75, 3.05) is 6.54 Å². The molecular formula is C30H35BrFN3O2. The Morgan fingerprint density at radius 1 is 1.00 bits per heavy atom. The van der Waals surface area contributed by atoms with Crippen LogP contribution in [0.5, 0.6) is 0 Å². The van der Waals surface area contributed by atoms with Crippen molar-refractivity contribution in [1.82, 2.24) is 14.4 Å². The van der Waals surface area contributed by atoms with Gasteiger partial charge in [-0.05, 0) is 68.7 Å². The molecule has 0 atom stereocenters. The standard InChI is InChI=1S/C30H35BrFN3O2/c1-22(2)34(30(37)27-12-6-7-13-28(27)32)21-29(36)35(25-9-4-3-5-10-25)20-26-11-8-18-33(26)19-23-14-16-24(31)17-15-23/h6-8,11-18,22,25H,3-5,9-10,19-21H2,1-2H3. The van der Waals surface area contributed by atoms with E-state index in [0.717, 1.165) is 35.8 Å². The average Bonchev–Trinajstić information content (AvgIpc) is 3.33. The highest BCUT2D eigenvalue weighted by Gasteiger charge is 2.30. The summed E-state index contributed by atoms with van der Waals surface area (Å²) in [5, 5.41) is 0. The van der Waals surface area contributed by atoms with Crippen LogP contribution in [0.1, 0.15) is 67.6 Å². The van der Waals surface area contributed by atoms with Crippen molar-refractivity contribution in [3.8, 4) is 0 Å². The highest BCUT2D eigenvalue weighted by molar-refractivity contribution is 9.10. The lowest BCUT2D eigenvalue weighted by molar-refractivity contribution is -0.136. The Labute approximate surface area is 227 Å². The van der Waals surface area contributed by atoms with Crippen molar-refractivity contribution >= 4 is 27.7 Å². The predicted molar refractivity (Wildman–Crippen MR) is 148 cm³/mol. The number of rotatable bonds is 9. The van der Waals surface area contributed by atoms with Crippen LogP contribution in [0.3, 0.4) is 0 Å². The summed E-state index contributed by atoms with van der Waals surface area (Å²) in [6.07, 6.45) is 7.34. The van der Waals surface area contributed by atoms with Gasteiger partial charge in [0.1, 0.15) is 12.4 Å². The van der Waals surface area contributed by atoms with E-state index in [9.17, 15) is 14.0 Å². The fourth-order valence-corrected chi connectivity index (χ4v) is 5.30. The molecule has 2 aromatic carbocycles. The van der Waals surface area contributed by atoms with Gasteiger partial charge in [-0.3, -0.25) is 9.59 Å². The van der Waals surface area contributed by atoms with E-state index in [1.807, 2.05) is 43.1 Å². The van der Waals surface area contributed by atoms with Gasteiger partial charge in [0.25, 0.3) is 5.91 Å². The van der Waals surface area contributed by atoms with E-state index in [4.69, 9.17) is 0 Å². The molecule has 2 amide bonds. The lowest BCUT2D eigenvalue weighted by Crippen LogP contribution is -2.49. The van der Waals surface area contributed by atoms with Crippen LogP contribution in [-0.4, -0.2) is 44.8 Å². The number of benzene rings is 2. The maximum Gasteiger partial charge on any atom is 0.257 e. The third-order valence-corrected chi connectivity index (χ3v) is 7.68. The molecule has 1 heterocycles. The van der Waals surface area contributed by atoms with Gasteiger partial charge in [-0.25, -0.2) is 4.39 Å². The van der Waals surface area contributed by atoms with E-state index < -0.39 is 11.7 Å². The summed E-state index contributed by atoms with van der Waals surface area (Å²) in [5.41, 5.74) is 2.23. The highest BCUT2D eigenvalue weighted by atomic mass is 79.9. The summed E-state index contributed by atoms with van der Waals surface area (Å²) in [4.78, 5) is 30.5. The van der Waals surface area contributed by atoms with Crippen LogP contribution < -0.4 is 0 Å². The quantitative estimate of drug-likeness (QED) is 0.290. The molecule has 1 fully saturated rings. The second-order valence-electron chi connectivity index (χ2n) is 10.1. The number of nitrogens with zero attached hydrogens (tertiary/aromatic N) is 3. The second kappa shape index (κ2) is 12.5. The van der Waals surface area contributed by atoms with Gasteiger partial charge < -0.3 is 14.4 Å². The minimum absolute atomic E-state index is 0.00316. The van der Waals surface area contributed by atoms with E-state index in [1.54, 1.807) is 12.1 Å². The van der Waals surface area contributed by atoms with E-state index in [-0.39, 0.29) is 30.1 Å². The van der Waals surface area contributed by atoms with E-state index in [2.05, 4.69) is 38.7 Å². The molecule has 0 aliphatic heterocycles. The SMILES string of the molecule is CC(C)N(CC(=O)N(Cc1cccn1Cc1ccc(Br)cc1)C1CCCCC1)C(=O)c1ccccc1F. The van der Waals surface area contributed by atoms with Gasteiger partial charge in [0.2, 0.25) is 5.91 Å². The molecule has 37 heavy (non-hydrogen) atoms. The Morgan fingerprint density at radius 3 is 2.38 bits per heavy atom. The third-order valence-electron chi connectivity index (χ3n) is 7.15. The van der Waals surface area contributed by atoms with Crippen molar-refractivity contribution < 1.29 is 14.0 Å². The number of hydrogen-bond donors (Lipinski definition) is 0. The van der Waals surface area contributed by atoms with E-state index in [1.165, 1.54) is 29.0 Å². The fourth-order valence-electron chi connectivity index (χ4n) is 5.04. The van der Waals surface area contributed by atoms with Gasteiger partial charge in [0.05, 0.1) is 12.1 Å². The largest absolute Gasteiger partial charge is 0.345 e. The Morgan fingerprint density at radius 2 is 1.70 bits per heavy atom.